The van der Waals surface area contributed by atoms with Crippen LogP contribution in [0.2, 0.25) is 0 Å². The maximum atomic E-state index is 12.6. The summed E-state index contributed by atoms with van der Waals surface area (Å²) in [5, 5.41) is 2.73. The van der Waals surface area contributed by atoms with Crippen molar-refractivity contribution >= 4 is 21.6 Å². The van der Waals surface area contributed by atoms with Crippen LogP contribution >= 0.6 is 0 Å². The zero-order valence-electron chi connectivity index (χ0n) is 15.3. The molecule has 0 aromatic heterocycles. The first kappa shape index (κ1) is 21.5. The molecule has 0 spiro atoms. The number of amides is 1. The fourth-order valence-corrected chi connectivity index (χ4v) is 3.28. The van der Waals surface area contributed by atoms with Gasteiger partial charge < -0.3 is 10.1 Å². The molecule has 152 valence electrons. The minimum Gasteiger partial charge on any atom is -0.406 e. The first-order valence-electron chi connectivity index (χ1n) is 8.07. The number of alkyl halides is 3. The summed E-state index contributed by atoms with van der Waals surface area (Å²) in [5.41, 5.74) is -0.380. The van der Waals surface area contributed by atoms with Gasteiger partial charge in [0.15, 0.2) is 0 Å². The van der Waals surface area contributed by atoms with Crippen LogP contribution in [0.1, 0.15) is 31.1 Å². The smallest absolute Gasteiger partial charge is 0.406 e. The van der Waals surface area contributed by atoms with E-state index in [0.29, 0.717) is 0 Å². The number of carbonyl (C=O) groups is 1. The predicted octanol–water partition coefficient (Wildman–Crippen LogP) is 3.91. The molecule has 2 aromatic rings. The lowest BCUT2D eigenvalue weighted by Gasteiger charge is -2.21. The van der Waals surface area contributed by atoms with Crippen molar-refractivity contribution in [2.24, 2.45) is 0 Å². The van der Waals surface area contributed by atoms with Crippen LogP contribution < -0.4 is 14.8 Å². The van der Waals surface area contributed by atoms with E-state index in [1.54, 1.807) is 32.9 Å². The van der Waals surface area contributed by atoms with Gasteiger partial charge in [0.1, 0.15) is 5.75 Å². The number of hydrogen-bond donors (Lipinski definition) is 2. The van der Waals surface area contributed by atoms with Crippen LogP contribution in [0.4, 0.5) is 18.9 Å². The molecule has 6 nitrogen and oxygen atoms in total. The fourth-order valence-electron chi connectivity index (χ4n) is 2.20. The van der Waals surface area contributed by atoms with Crippen LogP contribution in [0, 0.1) is 0 Å². The number of ether oxygens (including phenoxy) is 1. The van der Waals surface area contributed by atoms with E-state index in [1.165, 1.54) is 12.1 Å². The number of halogens is 3. The van der Waals surface area contributed by atoms with Crippen LogP contribution in [0.3, 0.4) is 0 Å². The van der Waals surface area contributed by atoms with E-state index in [-0.39, 0.29) is 16.1 Å². The van der Waals surface area contributed by atoms with E-state index in [2.05, 4.69) is 14.8 Å². The number of nitrogens with one attached hydrogen (secondary N) is 2. The third-order valence-electron chi connectivity index (χ3n) is 3.27. The van der Waals surface area contributed by atoms with Crippen molar-refractivity contribution in [3.05, 3.63) is 54.1 Å². The van der Waals surface area contributed by atoms with E-state index >= 15 is 0 Å². The third kappa shape index (κ3) is 6.15. The van der Waals surface area contributed by atoms with Gasteiger partial charge in [0, 0.05) is 5.54 Å². The fraction of sp³-hybridized carbons (Fsp3) is 0.278. The van der Waals surface area contributed by atoms with Gasteiger partial charge >= 0.3 is 6.36 Å². The largest absolute Gasteiger partial charge is 0.573 e. The summed E-state index contributed by atoms with van der Waals surface area (Å²) in [7, 11) is -4.14. The summed E-state index contributed by atoms with van der Waals surface area (Å²) in [6.45, 7) is 5.34. The molecule has 2 aromatic carbocycles. The summed E-state index contributed by atoms with van der Waals surface area (Å²) in [5.74, 6) is -1.02. The van der Waals surface area contributed by atoms with Gasteiger partial charge in [0.2, 0.25) is 0 Å². The Bertz CT molecular complexity index is 950. The van der Waals surface area contributed by atoms with Crippen molar-refractivity contribution in [1.82, 2.24) is 5.32 Å². The summed E-state index contributed by atoms with van der Waals surface area (Å²) >= 11 is 0. The van der Waals surface area contributed by atoms with Crippen molar-refractivity contribution in [3.8, 4) is 5.75 Å². The van der Waals surface area contributed by atoms with Crippen molar-refractivity contribution in [2.45, 2.75) is 37.6 Å². The molecule has 0 aliphatic heterocycles. The number of rotatable bonds is 5. The highest BCUT2D eigenvalue weighted by molar-refractivity contribution is 7.92. The highest BCUT2D eigenvalue weighted by atomic mass is 32.2. The van der Waals surface area contributed by atoms with E-state index in [0.717, 1.165) is 24.3 Å². The molecule has 0 aliphatic rings. The van der Waals surface area contributed by atoms with Crippen molar-refractivity contribution in [1.29, 1.82) is 0 Å². The van der Waals surface area contributed by atoms with Crippen molar-refractivity contribution < 1.29 is 31.1 Å². The van der Waals surface area contributed by atoms with E-state index < -0.39 is 33.6 Å². The zero-order valence-corrected chi connectivity index (χ0v) is 16.1. The molecule has 2 N–H and O–H groups in total. The first-order chi connectivity index (χ1) is 12.8. The summed E-state index contributed by atoms with van der Waals surface area (Å²) in [6, 6.07) is 9.73. The number of anilines is 1. The lowest BCUT2D eigenvalue weighted by atomic mass is 10.1. The minimum atomic E-state index is -4.88. The third-order valence-corrected chi connectivity index (χ3v) is 4.65. The molecule has 0 bridgehead atoms. The highest BCUT2D eigenvalue weighted by Crippen LogP contribution is 2.25. The Morgan fingerprint density at radius 2 is 1.54 bits per heavy atom. The van der Waals surface area contributed by atoms with Crippen LogP contribution in [-0.2, 0) is 10.0 Å². The molecule has 2 rings (SSSR count). The molecule has 10 heteroatoms. The molecule has 0 heterocycles. The molecule has 0 fully saturated rings. The van der Waals surface area contributed by atoms with Crippen molar-refractivity contribution in [2.75, 3.05) is 4.72 Å². The maximum Gasteiger partial charge on any atom is 0.573 e. The van der Waals surface area contributed by atoms with Crippen LogP contribution in [0.5, 0.6) is 5.75 Å². The number of benzene rings is 2. The van der Waals surface area contributed by atoms with Crippen molar-refractivity contribution in [3.63, 3.8) is 0 Å². The average Bonchev–Trinajstić information content (AvgIpc) is 2.52. The van der Waals surface area contributed by atoms with Gasteiger partial charge in [-0.3, -0.25) is 9.52 Å². The number of carbonyl (C=O) groups excluding carboxylic acids is 1. The Labute approximate surface area is 160 Å². The van der Waals surface area contributed by atoms with E-state index in [4.69, 9.17) is 0 Å². The molecule has 0 radical (unpaired) electrons. The van der Waals surface area contributed by atoms with Gasteiger partial charge in [0.05, 0.1) is 16.1 Å². The van der Waals surface area contributed by atoms with E-state index in [9.17, 15) is 26.4 Å². The Kier molecular flexibility index (Phi) is 5.93. The van der Waals surface area contributed by atoms with Gasteiger partial charge in [-0.05, 0) is 57.2 Å². The van der Waals surface area contributed by atoms with E-state index in [1.807, 2.05) is 0 Å². The maximum absolute atomic E-state index is 12.6. The topological polar surface area (TPSA) is 84.5 Å². The SMILES string of the molecule is CC(C)(C)NC(=O)c1ccccc1NS(=O)(=O)c1ccc(OC(F)(F)F)cc1. The zero-order chi connectivity index (χ0) is 21.2. The van der Waals surface area contributed by atoms with Gasteiger partial charge in [-0.15, -0.1) is 13.2 Å². The average molecular weight is 416 g/mol. The molecular formula is C18H19F3N2O4S. The minimum absolute atomic E-state index is 0.0415. The lowest BCUT2D eigenvalue weighted by molar-refractivity contribution is -0.274. The van der Waals surface area contributed by atoms with Crippen LogP contribution in [0.25, 0.3) is 0 Å². The molecule has 0 aliphatic carbocycles. The number of sulfonamides is 1. The Morgan fingerprint density at radius 1 is 0.964 bits per heavy atom. The summed E-state index contributed by atoms with van der Waals surface area (Å²) in [6.07, 6.45) is -4.88. The Morgan fingerprint density at radius 3 is 2.07 bits per heavy atom. The summed E-state index contributed by atoms with van der Waals surface area (Å²) < 4.78 is 67.7. The van der Waals surface area contributed by atoms with Gasteiger partial charge in [-0.1, -0.05) is 12.1 Å². The summed E-state index contributed by atoms with van der Waals surface area (Å²) in [4.78, 5) is 12.1. The lowest BCUT2D eigenvalue weighted by Crippen LogP contribution is -2.40. The predicted molar refractivity (Wildman–Crippen MR) is 97.6 cm³/mol. The monoisotopic (exact) mass is 416 g/mol. The van der Waals surface area contributed by atoms with Gasteiger partial charge in [-0.2, -0.15) is 0 Å². The standard InChI is InChI=1S/C18H19F3N2O4S/c1-17(2,3)22-16(24)14-6-4-5-7-15(14)23-28(25,26)13-10-8-12(9-11-13)27-18(19,20)21/h4-11,23H,1-3H3,(H,22,24). The second kappa shape index (κ2) is 7.70. The first-order valence-corrected chi connectivity index (χ1v) is 9.55. The molecular weight excluding hydrogens is 397 g/mol. The molecule has 0 unspecified atom stereocenters. The number of para-hydroxylation sites is 1. The molecule has 28 heavy (non-hydrogen) atoms. The number of hydrogen-bond acceptors (Lipinski definition) is 4. The molecule has 0 saturated carbocycles. The van der Waals surface area contributed by atoms with Gasteiger partial charge in [0.25, 0.3) is 15.9 Å². The molecule has 0 saturated heterocycles. The molecule has 0 atom stereocenters. The second-order valence-electron chi connectivity index (χ2n) is 6.87. The molecule has 1 amide bonds. The normalized spacial score (nSPS) is 12.4. The quantitative estimate of drug-likeness (QED) is 0.774. The second-order valence-corrected chi connectivity index (χ2v) is 8.56. The van der Waals surface area contributed by atoms with Crippen LogP contribution in [-0.4, -0.2) is 26.2 Å². The Balaban J connectivity index is 2.26. The Hall–Kier alpha value is -2.75. The highest BCUT2D eigenvalue weighted by Gasteiger charge is 2.31. The van der Waals surface area contributed by atoms with Crippen LogP contribution in [0.15, 0.2) is 53.4 Å². The van der Waals surface area contributed by atoms with Gasteiger partial charge in [-0.25, -0.2) is 8.42 Å².